The van der Waals surface area contributed by atoms with E-state index in [1.807, 2.05) is 36.4 Å². The average Bonchev–Trinajstić information content (AvgIpc) is 3.25. The highest BCUT2D eigenvalue weighted by molar-refractivity contribution is 6.06. The molecule has 5 rings (SSSR count). The molecule has 32 heavy (non-hydrogen) atoms. The summed E-state index contributed by atoms with van der Waals surface area (Å²) >= 11 is 0. The van der Waals surface area contributed by atoms with Gasteiger partial charge in [-0.15, -0.1) is 0 Å². The summed E-state index contributed by atoms with van der Waals surface area (Å²) in [6, 6.07) is 18.0. The van der Waals surface area contributed by atoms with Gasteiger partial charge in [0.1, 0.15) is 5.75 Å². The van der Waals surface area contributed by atoms with Crippen molar-refractivity contribution in [3.05, 3.63) is 71.3 Å². The number of hydrogen-bond donors (Lipinski definition) is 1. The molecule has 1 N–H and O–H groups in total. The first kappa shape index (κ1) is 20.8. The zero-order valence-corrected chi connectivity index (χ0v) is 18.4. The Morgan fingerprint density at radius 2 is 1.69 bits per heavy atom. The van der Waals surface area contributed by atoms with Crippen LogP contribution in [0.25, 0.3) is 10.8 Å². The molecule has 1 saturated heterocycles. The third kappa shape index (κ3) is 4.30. The predicted octanol–water partition coefficient (Wildman–Crippen LogP) is 5.31. The Labute approximate surface area is 189 Å². The first-order valence-corrected chi connectivity index (χ1v) is 11.7. The fourth-order valence-corrected chi connectivity index (χ4v) is 5.05. The number of carbonyl (C=O) groups is 1. The molecular weight excluding hydrogens is 400 g/mol. The predicted molar refractivity (Wildman–Crippen MR) is 128 cm³/mol. The van der Waals surface area contributed by atoms with Gasteiger partial charge in [0.05, 0.1) is 17.9 Å². The Hall–Kier alpha value is -3.05. The number of benzene rings is 3. The second-order valence-electron chi connectivity index (χ2n) is 8.88. The third-order valence-corrected chi connectivity index (χ3v) is 6.69. The summed E-state index contributed by atoms with van der Waals surface area (Å²) in [7, 11) is 0. The van der Waals surface area contributed by atoms with Crippen molar-refractivity contribution in [2.24, 2.45) is 0 Å². The number of rotatable bonds is 7. The average molecular weight is 431 g/mol. The Bertz CT molecular complexity index is 1100. The van der Waals surface area contributed by atoms with E-state index in [1.54, 1.807) is 6.07 Å². The fourth-order valence-electron chi connectivity index (χ4n) is 5.05. The van der Waals surface area contributed by atoms with Crippen molar-refractivity contribution in [2.75, 3.05) is 31.1 Å². The highest BCUT2D eigenvalue weighted by Crippen LogP contribution is 2.37. The lowest BCUT2D eigenvalue weighted by atomic mass is 10.0. The molecular formula is C27H30N2O3. The molecule has 166 valence electrons. The van der Waals surface area contributed by atoms with Crippen LogP contribution in [-0.2, 0) is 13.1 Å². The summed E-state index contributed by atoms with van der Waals surface area (Å²) in [4.78, 5) is 16.7. The van der Waals surface area contributed by atoms with Crippen LogP contribution in [0.5, 0.6) is 5.75 Å². The van der Waals surface area contributed by atoms with Crippen LogP contribution >= 0.6 is 0 Å². The first-order chi connectivity index (χ1) is 15.7. The molecule has 0 unspecified atom stereocenters. The molecule has 0 bridgehead atoms. The van der Waals surface area contributed by atoms with Gasteiger partial charge in [-0.3, -0.25) is 0 Å². The molecule has 1 fully saturated rings. The first-order valence-electron chi connectivity index (χ1n) is 11.7. The summed E-state index contributed by atoms with van der Waals surface area (Å²) in [5.74, 6) is -0.0502. The molecule has 2 heterocycles. The quantitative estimate of drug-likeness (QED) is 0.515. The molecule has 3 aromatic rings. The van der Waals surface area contributed by atoms with Crippen LogP contribution in [0, 0.1) is 0 Å². The van der Waals surface area contributed by atoms with Crippen LogP contribution in [0.1, 0.15) is 47.2 Å². The largest absolute Gasteiger partial charge is 0.494 e. The molecule has 0 aromatic heterocycles. The number of carboxylic acids is 1. The minimum absolute atomic E-state index is 0.348. The smallest absolute Gasteiger partial charge is 0.337 e. The van der Waals surface area contributed by atoms with E-state index in [4.69, 9.17) is 4.74 Å². The van der Waals surface area contributed by atoms with Crippen LogP contribution in [0.2, 0.25) is 0 Å². The molecule has 0 aliphatic carbocycles. The Balaban J connectivity index is 1.34. The number of fused-ring (bicyclic) bond motifs is 2. The molecule has 3 aromatic carbocycles. The Kier molecular flexibility index (Phi) is 5.99. The molecule has 0 saturated carbocycles. The van der Waals surface area contributed by atoms with E-state index in [2.05, 4.69) is 21.9 Å². The van der Waals surface area contributed by atoms with Gasteiger partial charge in [-0.2, -0.15) is 0 Å². The van der Waals surface area contributed by atoms with Crippen molar-refractivity contribution >= 4 is 22.4 Å². The van der Waals surface area contributed by atoms with E-state index in [1.165, 1.54) is 43.5 Å². The molecule has 0 atom stereocenters. The lowest BCUT2D eigenvalue weighted by Crippen LogP contribution is -2.31. The van der Waals surface area contributed by atoms with E-state index in [0.29, 0.717) is 12.2 Å². The number of hydrogen-bond acceptors (Lipinski definition) is 4. The maximum atomic E-state index is 12.0. The maximum absolute atomic E-state index is 12.0. The lowest BCUT2D eigenvalue weighted by molar-refractivity contribution is 0.0697. The number of likely N-dealkylation sites (tertiary alicyclic amines) is 1. The maximum Gasteiger partial charge on any atom is 0.337 e. The van der Waals surface area contributed by atoms with Gasteiger partial charge < -0.3 is 19.6 Å². The Morgan fingerprint density at radius 1 is 0.938 bits per heavy atom. The van der Waals surface area contributed by atoms with Crippen LogP contribution in [-0.4, -0.2) is 42.2 Å². The van der Waals surface area contributed by atoms with E-state index < -0.39 is 5.97 Å². The van der Waals surface area contributed by atoms with Crippen molar-refractivity contribution < 1.29 is 14.6 Å². The molecule has 2 aliphatic heterocycles. The zero-order valence-electron chi connectivity index (χ0n) is 18.4. The van der Waals surface area contributed by atoms with Crippen LogP contribution < -0.4 is 9.64 Å². The van der Waals surface area contributed by atoms with Gasteiger partial charge >= 0.3 is 5.97 Å². The summed E-state index contributed by atoms with van der Waals surface area (Å²) in [6.07, 6.45) is 5.01. The molecule has 0 amide bonds. The van der Waals surface area contributed by atoms with Crippen molar-refractivity contribution in [1.29, 1.82) is 0 Å². The Morgan fingerprint density at radius 3 is 2.41 bits per heavy atom. The minimum atomic E-state index is -0.893. The van der Waals surface area contributed by atoms with E-state index in [0.717, 1.165) is 48.3 Å². The summed E-state index contributed by atoms with van der Waals surface area (Å²) < 4.78 is 6.04. The monoisotopic (exact) mass is 430 g/mol. The molecule has 2 aliphatic rings. The van der Waals surface area contributed by atoms with Crippen LogP contribution in [0.3, 0.4) is 0 Å². The van der Waals surface area contributed by atoms with Gasteiger partial charge in [0.25, 0.3) is 0 Å². The standard InChI is InChI=1S/C27H30N2O3/c30-27(31)25-11-9-20-17-23(32-16-6-15-28-13-4-1-5-14-28)10-12-24(20)26(25)29-18-21-7-2-3-8-22(21)19-29/h2-3,7-12,17H,1,4-6,13-16,18-19H2,(H,30,31). The van der Waals surface area contributed by atoms with E-state index in [9.17, 15) is 9.90 Å². The van der Waals surface area contributed by atoms with Gasteiger partial charge in [0, 0.05) is 25.0 Å². The van der Waals surface area contributed by atoms with E-state index >= 15 is 0 Å². The second-order valence-corrected chi connectivity index (χ2v) is 8.88. The van der Waals surface area contributed by atoms with Crippen molar-refractivity contribution in [3.8, 4) is 5.75 Å². The molecule has 5 heteroatoms. The highest BCUT2D eigenvalue weighted by atomic mass is 16.5. The van der Waals surface area contributed by atoms with Gasteiger partial charge in [-0.05, 0) is 73.1 Å². The highest BCUT2D eigenvalue weighted by Gasteiger charge is 2.25. The summed E-state index contributed by atoms with van der Waals surface area (Å²) in [6.45, 7) is 5.67. The van der Waals surface area contributed by atoms with Gasteiger partial charge in [-0.25, -0.2) is 4.79 Å². The summed E-state index contributed by atoms with van der Waals surface area (Å²) in [5, 5.41) is 11.8. The number of nitrogens with zero attached hydrogens (tertiary/aromatic N) is 2. The lowest BCUT2D eigenvalue weighted by Gasteiger charge is -2.26. The van der Waals surface area contributed by atoms with Crippen molar-refractivity contribution in [1.82, 2.24) is 4.90 Å². The normalized spacial score (nSPS) is 16.3. The van der Waals surface area contributed by atoms with Gasteiger partial charge in [0.2, 0.25) is 0 Å². The molecule has 0 spiro atoms. The molecule has 0 radical (unpaired) electrons. The van der Waals surface area contributed by atoms with E-state index in [-0.39, 0.29) is 0 Å². The molecule has 5 nitrogen and oxygen atoms in total. The SMILES string of the molecule is O=C(O)c1ccc2cc(OCCCN3CCCCC3)ccc2c1N1Cc2ccccc2C1. The number of carboxylic acid groups (broad SMARTS) is 1. The van der Waals surface area contributed by atoms with Crippen molar-refractivity contribution in [3.63, 3.8) is 0 Å². The summed E-state index contributed by atoms with van der Waals surface area (Å²) in [5.41, 5.74) is 3.66. The number of ether oxygens (including phenoxy) is 1. The second kappa shape index (κ2) is 9.21. The minimum Gasteiger partial charge on any atom is -0.494 e. The van der Waals surface area contributed by atoms with Crippen LogP contribution in [0.4, 0.5) is 5.69 Å². The zero-order chi connectivity index (χ0) is 21.9. The fraction of sp³-hybridized carbons (Fsp3) is 0.370. The number of aromatic carboxylic acids is 1. The van der Waals surface area contributed by atoms with Gasteiger partial charge in [-0.1, -0.05) is 36.8 Å². The van der Waals surface area contributed by atoms with Gasteiger partial charge in [0.15, 0.2) is 0 Å². The van der Waals surface area contributed by atoms with Crippen LogP contribution in [0.15, 0.2) is 54.6 Å². The number of anilines is 1. The number of piperidine rings is 1. The van der Waals surface area contributed by atoms with Crippen molar-refractivity contribution in [2.45, 2.75) is 38.8 Å². The topological polar surface area (TPSA) is 53.0 Å². The third-order valence-electron chi connectivity index (χ3n) is 6.69.